The molecule has 94 valence electrons. The van der Waals surface area contributed by atoms with Crippen LogP contribution >= 0.6 is 0 Å². The van der Waals surface area contributed by atoms with Crippen LogP contribution in [0, 0.1) is 0 Å². The summed E-state index contributed by atoms with van der Waals surface area (Å²) in [7, 11) is 0. The summed E-state index contributed by atoms with van der Waals surface area (Å²) >= 11 is 0. The first-order valence-electron chi connectivity index (χ1n) is 5.93. The molecular weight excluding hydrogens is 208 g/mol. The van der Waals surface area contributed by atoms with E-state index in [0.29, 0.717) is 12.6 Å². The fourth-order valence-electron chi connectivity index (χ4n) is 2.20. The second-order valence-corrected chi connectivity index (χ2v) is 4.46. The Balaban J connectivity index is 2.41. The van der Waals surface area contributed by atoms with Gasteiger partial charge in [0, 0.05) is 25.2 Å². The first-order chi connectivity index (χ1) is 7.63. The zero-order valence-electron chi connectivity index (χ0n) is 9.85. The fourth-order valence-corrected chi connectivity index (χ4v) is 2.20. The Bertz CT molecular complexity index is 217. The van der Waals surface area contributed by atoms with E-state index in [0.717, 1.165) is 19.5 Å². The van der Waals surface area contributed by atoms with Crippen LogP contribution in [0.15, 0.2) is 0 Å². The molecule has 2 atom stereocenters. The van der Waals surface area contributed by atoms with Crippen molar-refractivity contribution < 1.29 is 15.0 Å². The summed E-state index contributed by atoms with van der Waals surface area (Å²) in [5.74, 6) is -0.783. The van der Waals surface area contributed by atoms with Gasteiger partial charge < -0.3 is 15.5 Å². The number of aliphatic carboxylic acids is 1. The Morgan fingerprint density at radius 1 is 1.62 bits per heavy atom. The lowest BCUT2D eigenvalue weighted by molar-refractivity contribution is -0.138. The van der Waals surface area contributed by atoms with Gasteiger partial charge in [0.05, 0.1) is 13.0 Å². The first kappa shape index (κ1) is 13.4. The summed E-state index contributed by atoms with van der Waals surface area (Å²) < 4.78 is 0. The van der Waals surface area contributed by atoms with Crippen molar-refractivity contribution in [3.05, 3.63) is 0 Å². The van der Waals surface area contributed by atoms with E-state index in [1.165, 1.54) is 6.42 Å². The van der Waals surface area contributed by atoms with E-state index in [2.05, 4.69) is 10.2 Å². The predicted molar refractivity (Wildman–Crippen MR) is 61.4 cm³/mol. The molecule has 1 heterocycles. The zero-order chi connectivity index (χ0) is 12.0. The van der Waals surface area contributed by atoms with E-state index in [1.54, 1.807) is 0 Å². The monoisotopic (exact) mass is 230 g/mol. The summed E-state index contributed by atoms with van der Waals surface area (Å²) in [6.07, 6.45) is 2.46. The maximum Gasteiger partial charge on any atom is 0.304 e. The van der Waals surface area contributed by atoms with E-state index in [-0.39, 0.29) is 19.1 Å². The van der Waals surface area contributed by atoms with Gasteiger partial charge in [0.15, 0.2) is 0 Å². The van der Waals surface area contributed by atoms with Crippen LogP contribution in [0.5, 0.6) is 0 Å². The summed E-state index contributed by atoms with van der Waals surface area (Å²) in [6, 6.07) is 0.426. The number of rotatable bonds is 7. The van der Waals surface area contributed by atoms with Gasteiger partial charge in [-0.15, -0.1) is 0 Å². The highest BCUT2D eigenvalue weighted by atomic mass is 16.4. The van der Waals surface area contributed by atoms with E-state index in [4.69, 9.17) is 10.2 Å². The van der Waals surface area contributed by atoms with Crippen molar-refractivity contribution in [2.24, 2.45) is 0 Å². The highest BCUT2D eigenvalue weighted by molar-refractivity contribution is 5.67. The minimum Gasteiger partial charge on any atom is -0.481 e. The molecule has 0 bridgehead atoms. The average molecular weight is 230 g/mol. The van der Waals surface area contributed by atoms with E-state index < -0.39 is 5.97 Å². The molecule has 1 rings (SSSR count). The first-order valence-corrected chi connectivity index (χ1v) is 5.93. The van der Waals surface area contributed by atoms with Gasteiger partial charge in [-0.25, -0.2) is 0 Å². The lowest BCUT2D eigenvalue weighted by Gasteiger charge is -2.30. The Labute approximate surface area is 96.4 Å². The van der Waals surface area contributed by atoms with Crippen LogP contribution in [-0.4, -0.2) is 59.4 Å². The molecule has 2 unspecified atom stereocenters. The number of aliphatic hydroxyl groups is 1. The molecule has 16 heavy (non-hydrogen) atoms. The molecule has 0 radical (unpaired) electrons. The Morgan fingerprint density at radius 3 is 2.88 bits per heavy atom. The molecule has 0 aromatic heterocycles. The van der Waals surface area contributed by atoms with Crippen LogP contribution in [0.25, 0.3) is 0 Å². The molecule has 1 aliphatic heterocycles. The fraction of sp³-hybridized carbons (Fsp3) is 0.909. The van der Waals surface area contributed by atoms with Crippen LogP contribution in [-0.2, 0) is 4.79 Å². The molecule has 1 fully saturated rings. The third-order valence-electron chi connectivity index (χ3n) is 3.10. The smallest absolute Gasteiger partial charge is 0.304 e. The van der Waals surface area contributed by atoms with Gasteiger partial charge in [0.2, 0.25) is 0 Å². The van der Waals surface area contributed by atoms with Crippen molar-refractivity contribution in [1.82, 2.24) is 10.2 Å². The van der Waals surface area contributed by atoms with Crippen LogP contribution in [0.4, 0.5) is 0 Å². The third kappa shape index (κ3) is 4.47. The van der Waals surface area contributed by atoms with Crippen LogP contribution in [0.2, 0.25) is 0 Å². The van der Waals surface area contributed by atoms with Gasteiger partial charge in [0.25, 0.3) is 0 Å². The Hall–Kier alpha value is -0.650. The molecule has 0 spiro atoms. The molecule has 0 aromatic rings. The number of carbonyl (C=O) groups is 1. The largest absolute Gasteiger partial charge is 0.481 e. The van der Waals surface area contributed by atoms with Gasteiger partial charge >= 0.3 is 5.97 Å². The summed E-state index contributed by atoms with van der Waals surface area (Å²) in [5.41, 5.74) is 0. The highest BCUT2D eigenvalue weighted by Crippen LogP contribution is 2.10. The zero-order valence-corrected chi connectivity index (χ0v) is 9.85. The molecular formula is C11H22N2O3. The number of hydrogen-bond acceptors (Lipinski definition) is 4. The van der Waals surface area contributed by atoms with E-state index >= 15 is 0 Å². The highest BCUT2D eigenvalue weighted by Gasteiger charge is 2.22. The van der Waals surface area contributed by atoms with Gasteiger partial charge in [-0.1, -0.05) is 0 Å². The Kier molecular flexibility index (Phi) is 5.73. The molecule has 3 N–H and O–H groups in total. The Morgan fingerprint density at radius 2 is 2.38 bits per heavy atom. The van der Waals surface area contributed by atoms with Crippen molar-refractivity contribution in [3.8, 4) is 0 Å². The molecule has 0 amide bonds. The van der Waals surface area contributed by atoms with Crippen LogP contribution < -0.4 is 5.32 Å². The molecule has 1 saturated heterocycles. The number of aliphatic hydroxyl groups excluding tert-OH is 1. The predicted octanol–water partition coefficient (Wildman–Crippen LogP) is -0.104. The van der Waals surface area contributed by atoms with Crippen molar-refractivity contribution in [2.45, 2.75) is 38.3 Å². The van der Waals surface area contributed by atoms with Gasteiger partial charge in [-0.3, -0.25) is 9.69 Å². The van der Waals surface area contributed by atoms with Gasteiger partial charge in [-0.2, -0.15) is 0 Å². The summed E-state index contributed by atoms with van der Waals surface area (Å²) in [5, 5.41) is 21.1. The van der Waals surface area contributed by atoms with E-state index in [9.17, 15) is 4.79 Å². The number of nitrogens with one attached hydrogen (secondary N) is 1. The number of hydrogen-bond donors (Lipinski definition) is 3. The van der Waals surface area contributed by atoms with Crippen molar-refractivity contribution >= 4 is 5.97 Å². The number of carboxylic acids is 1. The van der Waals surface area contributed by atoms with Gasteiger partial charge in [-0.05, 0) is 26.3 Å². The van der Waals surface area contributed by atoms with Crippen molar-refractivity contribution in [1.29, 1.82) is 0 Å². The van der Waals surface area contributed by atoms with Crippen molar-refractivity contribution in [3.63, 3.8) is 0 Å². The lowest BCUT2D eigenvalue weighted by Crippen LogP contribution is -2.44. The third-order valence-corrected chi connectivity index (χ3v) is 3.10. The molecule has 0 aliphatic carbocycles. The molecule has 5 nitrogen and oxygen atoms in total. The van der Waals surface area contributed by atoms with E-state index in [1.807, 2.05) is 6.92 Å². The molecule has 0 saturated carbocycles. The summed E-state index contributed by atoms with van der Waals surface area (Å²) in [6.45, 7) is 4.40. The molecule has 1 aliphatic rings. The minimum atomic E-state index is -0.783. The quantitative estimate of drug-likeness (QED) is 0.569. The number of nitrogens with zero attached hydrogens (tertiary/aromatic N) is 1. The standard InChI is InChI=1S/C11H22N2O3/c1-9(7-11(15)16)13(5-6-14)8-10-3-2-4-12-10/h9-10,12,14H,2-8H2,1H3,(H,15,16). The SMILES string of the molecule is CC(CC(=O)O)N(CCO)CC1CCCN1. The number of carboxylic acid groups (broad SMARTS) is 1. The van der Waals surface area contributed by atoms with Gasteiger partial charge in [0.1, 0.15) is 0 Å². The van der Waals surface area contributed by atoms with Crippen molar-refractivity contribution in [2.75, 3.05) is 26.2 Å². The maximum atomic E-state index is 10.7. The topological polar surface area (TPSA) is 72.8 Å². The van der Waals surface area contributed by atoms with Crippen LogP contribution in [0.3, 0.4) is 0 Å². The summed E-state index contributed by atoms with van der Waals surface area (Å²) in [4.78, 5) is 12.7. The average Bonchev–Trinajstić information content (AvgIpc) is 2.68. The lowest BCUT2D eigenvalue weighted by atomic mass is 10.1. The second kappa shape index (κ2) is 6.83. The minimum absolute atomic E-state index is 0.0213. The van der Waals surface area contributed by atoms with Crippen LogP contribution in [0.1, 0.15) is 26.2 Å². The maximum absolute atomic E-state index is 10.7. The second-order valence-electron chi connectivity index (χ2n) is 4.46. The molecule has 5 heteroatoms. The molecule has 0 aromatic carbocycles. The normalized spacial score (nSPS) is 22.6.